The maximum atomic E-state index is 12.9. The molecule has 0 aromatic rings. The van der Waals surface area contributed by atoms with Gasteiger partial charge in [0.2, 0.25) is 0 Å². The first-order chi connectivity index (χ1) is 50.2. The van der Waals surface area contributed by atoms with Gasteiger partial charge in [-0.1, -0.05) is 310 Å². The molecule has 596 valence electrons. The highest BCUT2D eigenvalue weighted by Crippen LogP contribution is 2.45. The molecule has 4 N–H and O–H groups in total. The molecule has 0 heterocycles. The largest absolute Gasteiger partial charge is 0.472 e. The molecule has 18 heteroatoms. The normalized spacial score (nSPS) is 14.5. The Balaban J connectivity index is 4.46. The molecule has 0 amide bonds. The van der Waals surface area contributed by atoms with E-state index in [0.29, 0.717) is 19.3 Å². The number of ether oxygens (including phenoxy) is 3. The summed E-state index contributed by atoms with van der Waals surface area (Å²) in [5.74, 6) is -1.59. The van der Waals surface area contributed by atoms with E-state index >= 15 is 0 Å². The van der Waals surface area contributed by atoms with Crippen molar-refractivity contribution in [1.29, 1.82) is 0 Å². The van der Waals surface area contributed by atoms with Crippen molar-refractivity contribution in [3.05, 3.63) is 109 Å². The van der Waals surface area contributed by atoms with Crippen LogP contribution in [-0.4, -0.2) is 95.9 Å². The lowest BCUT2D eigenvalue weighted by Crippen LogP contribution is -2.30. The van der Waals surface area contributed by atoms with Gasteiger partial charge in [0.05, 0.1) is 26.4 Å². The van der Waals surface area contributed by atoms with Gasteiger partial charge in [0.1, 0.15) is 25.4 Å². The number of carbonyl (C=O) groups is 3. The van der Waals surface area contributed by atoms with Crippen LogP contribution in [0, 0.1) is 0 Å². The van der Waals surface area contributed by atoms with E-state index in [0.717, 1.165) is 141 Å². The minimum Gasteiger partial charge on any atom is -0.463 e. The third-order valence-electron chi connectivity index (χ3n) is 17.4. The average molecular weight is 1490 g/mol. The van der Waals surface area contributed by atoms with Crippen molar-refractivity contribution < 1.29 is 75.8 Å². The van der Waals surface area contributed by atoms with Gasteiger partial charge in [-0.3, -0.25) is 32.5 Å². The van der Waals surface area contributed by atoms with Crippen LogP contribution in [0.5, 0.6) is 0 Å². The quantitative estimate of drug-likeness (QED) is 0.0146. The Labute approximate surface area is 628 Å². The van der Waals surface area contributed by atoms with E-state index in [-0.39, 0.29) is 19.3 Å². The second kappa shape index (κ2) is 77.8. The van der Waals surface area contributed by atoms with Gasteiger partial charge in [0.15, 0.2) is 6.10 Å². The van der Waals surface area contributed by atoms with Gasteiger partial charge in [-0.05, 0) is 135 Å². The SMILES string of the molecule is CCCCC/C=C\C/C=C\C/C=C\C/C=C\CCCCCCCCCCCCCCCCCC(=O)OCC(O)COP(=O)(O)OCC(O)COP(=O)(O)OCC(COC(=O)CCCCCCCCC/C=C\C/C=C\C/C=C\C/C=C\CCCCC)OC(=O)CCCCCCC/C=C\CCCCCC. The van der Waals surface area contributed by atoms with Crippen LogP contribution in [0.1, 0.15) is 355 Å². The molecule has 0 aromatic carbocycles. The van der Waals surface area contributed by atoms with Crippen LogP contribution in [-0.2, 0) is 55.8 Å². The van der Waals surface area contributed by atoms with E-state index in [1.54, 1.807) is 0 Å². The third-order valence-corrected chi connectivity index (χ3v) is 19.3. The molecule has 103 heavy (non-hydrogen) atoms. The summed E-state index contributed by atoms with van der Waals surface area (Å²) in [7, 11) is -9.79. The molecule has 0 saturated carbocycles. The Kier molecular flexibility index (Phi) is 74.9. The number of aliphatic hydroxyl groups is 2. The van der Waals surface area contributed by atoms with Crippen LogP contribution < -0.4 is 0 Å². The van der Waals surface area contributed by atoms with Crippen molar-refractivity contribution in [1.82, 2.24) is 0 Å². The number of carbonyl (C=O) groups excluding carboxylic acids is 3. The van der Waals surface area contributed by atoms with Crippen LogP contribution >= 0.6 is 15.6 Å². The van der Waals surface area contributed by atoms with Gasteiger partial charge in [0.25, 0.3) is 0 Å². The predicted molar refractivity (Wildman–Crippen MR) is 427 cm³/mol. The summed E-state index contributed by atoms with van der Waals surface area (Å²) in [6.45, 7) is 2.62. The molecular formula is C85H150O16P2. The number of rotatable bonds is 78. The van der Waals surface area contributed by atoms with Crippen molar-refractivity contribution in [2.45, 2.75) is 373 Å². The van der Waals surface area contributed by atoms with Gasteiger partial charge >= 0.3 is 33.6 Å². The maximum Gasteiger partial charge on any atom is 0.472 e. The molecule has 0 aliphatic rings. The fraction of sp³-hybridized carbons (Fsp3) is 0.753. The summed E-state index contributed by atoms with van der Waals surface area (Å²) in [5.41, 5.74) is 0. The molecule has 0 aromatic heterocycles. The van der Waals surface area contributed by atoms with Crippen LogP contribution in [0.2, 0.25) is 0 Å². The summed E-state index contributed by atoms with van der Waals surface area (Å²) >= 11 is 0. The number of aliphatic hydroxyl groups excluding tert-OH is 2. The number of esters is 3. The standard InChI is InChI=1S/C85H150O16P2/c1-4-7-10-13-16-19-22-25-27-29-31-33-35-36-37-38-39-40-41-42-44-46-47-49-51-54-56-59-62-65-68-71-83(88)95-74-80(86)75-97-102(91,92)98-76-81(87)77-99-103(93,94)100-79-82(101-85(90)73-70-67-64-61-58-53-24-21-18-15-12-9-6-3)78-96-84(89)72-69-66-63-60-57-55-52-50-48-45-43-34-32-30-28-26-23-20-17-14-11-8-5-2/h16-17,19-21,24-28,31-34,36-37,45,48,80-82,86-87H,4-15,18,22-23,29-30,35,38-44,46-47,49-79H2,1-3H3,(H,91,92)(H,93,94)/b19-16-,20-17-,24-21-,27-25-,28-26-,33-31-,34-32-,37-36-,48-45-. The van der Waals surface area contributed by atoms with E-state index < -0.39 is 91.5 Å². The Morgan fingerprint density at radius 2 is 0.485 bits per heavy atom. The molecule has 0 aliphatic heterocycles. The van der Waals surface area contributed by atoms with Crippen molar-refractivity contribution in [3.63, 3.8) is 0 Å². The van der Waals surface area contributed by atoms with Crippen molar-refractivity contribution in [3.8, 4) is 0 Å². The van der Waals surface area contributed by atoms with Gasteiger partial charge in [-0.2, -0.15) is 0 Å². The smallest absolute Gasteiger partial charge is 0.463 e. The van der Waals surface area contributed by atoms with Gasteiger partial charge in [-0.25, -0.2) is 9.13 Å². The first-order valence-corrected chi connectivity index (χ1v) is 44.2. The molecule has 0 radical (unpaired) electrons. The number of hydrogen-bond acceptors (Lipinski definition) is 14. The maximum absolute atomic E-state index is 12.9. The summed E-state index contributed by atoms with van der Waals surface area (Å²) in [6.07, 6.45) is 91.4. The number of hydrogen-bond donors (Lipinski definition) is 4. The van der Waals surface area contributed by atoms with Crippen LogP contribution in [0.15, 0.2) is 109 Å². The van der Waals surface area contributed by atoms with Gasteiger partial charge < -0.3 is 34.2 Å². The highest BCUT2D eigenvalue weighted by molar-refractivity contribution is 7.47. The molecule has 0 rings (SSSR count). The number of unbranched alkanes of at least 4 members (excludes halogenated alkanes) is 37. The van der Waals surface area contributed by atoms with E-state index in [4.69, 9.17) is 32.3 Å². The summed E-state index contributed by atoms with van der Waals surface area (Å²) in [4.78, 5) is 58.6. The first kappa shape index (κ1) is 99.2. The molecule has 0 bridgehead atoms. The summed E-state index contributed by atoms with van der Waals surface area (Å²) < 4.78 is 61.2. The molecule has 5 unspecified atom stereocenters. The molecule has 5 atom stereocenters. The number of allylic oxidation sites excluding steroid dienone is 18. The highest BCUT2D eigenvalue weighted by Gasteiger charge is 2.29. The third kappa shape index (κ3) is 79.1. The fourth-order valence-electron chi connectivity index (χ4n) is 11.1. The lowest BCUT2D eigenvalue weighted by Gasteiger charge is -2.21. The zero-order valence-electron chi connectivity index (χ0n) is 65.2. The molecule has 0 spiro atoms. The predicted octanol–water partition coefficient (Wildman–Crippen LogP) is 24.3. The van der Waals surface area contributed by atoms with Gasteiger partial charge in [-0.15, -0.1) is 0 Å². The van der Waals surface area contributed by atoms with Crippen molar-refractivity contribution >= 4 is 33.6 Å². The van der Waals surface area contributed by atoms with Crippen LogP contribution in [0.4, 0.5) is 0 Å². The topological polar surface area (TPSA) is 231 Å². The molecule has 0 aliphatic carbocycles. The Hall–Kier alpha value is -3.79. The van der Waals surface area contributed by atoms with Crippen molar-refractivity contribution in [2.75, 3.05) is 39.6 Å². The number of phosphoric ester groups is 2. The van der Waals surface area contributed by atoms with Crippen LogP contribution in [0.3, 0.4) is 0 Å². The van der Waals surface area contributed by atoms with Crippen LogP contribution in [0.25, 0.3) is 0 Å². The zero-order chi connectivity index (χ0) is 75.2. The average Bonchev–Trinajstić information content (AvgIpc) is 0.914. The monoisotopic (exact) mass is 1490 g/mol. The second-order valence-corrected chi connectivity index (χ2v) is 30.5. The minimum atomic E-state index is -4.93. The molecule has 16 nitrogen and oxygen atoms in total. The summed E-state index contributed by atoms with van der Waals surface area (Å²) in [6, 6.07) is 0. The second-order valence-electron chi connectivity index (χ2n) is 27.6. The zero-order valence-corrected chi connectivity index (χ0v) is 67.0. The first-order valence-electron chi connectivity index (χ1n) is 41.2. The Morgan fingerprint density at radius 1 is 0.272 bits per heavy atom. The van der Waals surface area contributed by atoms with E-state index in [2.05, 4.69) is 130 Å². The summed E-state index contributed by atoms with van der Waals surface area (Å²) in [5, 5.41) is 20.6. The fourth-order valence-corrected chi connectivity index (χ4v) is 12.7. The molecular weight excluding hydrogens is 1340 g/mol. The minimum absolute atomic E-state index is 0.0917. The lowest BCUT2D eigenvalue weighted by molar-refractivity contribution is -0.161. The van der Waals surface area contributed by atoms with E-state index in [9.17, 15) is 43.5 Å². The number of phosphoric acid groups is 2. The Bertz CT molecular complexity index is 2310. The highest BCUT2D eigenvalue weighted by atomic mass is 31.2. The van der Waals surface area contributed by atoms with Gasteiger partial charge in [0, 0.05) is 19.3 Å². The Morgan fingerprint density at radius 3 is 0.796 bits per heavy atom. The van der Waals surface area contributed by atoms with Crippen molar-refractivity contribution in [2.24, 2.45) is 0 Å². The van der Waals surface area contributed by atoms with E-state index in [1.807, 2.05) is 0 Å². The molecule has 0 fully saturated rings. The van der Waals surface area contributed by atoms with E-state index in [1.165, 1.54) is 154 Å². The lowest BCUT2D eigenvalue weighted by atomic mass is 10.0. The molecule has 0 saturated heterocycles.